The lowest BCUT2D eigenvalue weighted by molar-refractivity contribution is 0.354. The van der Waals surface area contributed by atoms with Crippen LogP contribution in [0.3, 0.4) is 0 Å². The summed E-state index contributed by atoms with van der Waals surface area (Å²) >= 11 is 4.80. The van der Waals surface area contributed by atoms with Crippen molar-refractivity contribution in [2.75, 3.05) is 14.2 Å². The summed E-state index contributed by atoms with van der Waals surface area (Å²) in [6, 6.07) is 0. The zero-order valence-electron chi connectivity index (χ0n) is 4.46. The maximum absolute atomic E-state index is 5.32. The predicted octanol–water partition coefficient (Wildman–Crippen LogP) is 2.39. The van der Waals surface area contributed by atoms with E-state index in [-0.39, 0.29) is 0 Å². The molecule has 2 nitrogen and oxygen atoms in total. The minimum absolute atomic E-state index is 0.926. The third-order valence-corrected chi connectivity index (χ3v) is 6.93. The van der Waals surface area contributed by atoms with Gasteiger partial charge in [0.05, 0.1) is 0 Å². The van der Waals surface area contributed by atoms with Gasteiger partial charge in [0, 0.05) is 24.8 Å². The fraction of sp³-hybridized carbons (Fsp3) is 1.00. The van der Waals surface area contributed by atoms with Crippen LogP contribution in [0.4, 0.5) is 0 Å². The van der Waals surface area contributed by atoms with E-state index < -0.39 is 5.69 Å². The Labute approximate surface area is 62.3 Å². The molecule has 0 aliphatic carbocycles. The van der Waals surface area contributed by atoms with Crippen LogP contribution in [0.25, 0.3) is 0 Å². The molecule has 0 amide bonds. The number of hydrogen-bond donors (Lipinski definition) is 0. The lowest BCUT2D eigenvalue weighted by Gasteiger charge is -2.10. The molecule has 0 radical (unpaired) electrons. The van der Waals surface area contributed by atoms with Crippen molar-refractivity contribution in [3.8, 4) is 0 Å². The van der Waals surface area contributed by atoms with Crippen LogP contribution in [-0.2, 0) is 20.9 Å². The van der Waals surface area contributed by atoms with Crippen molar-refractivity contribution in [2.45, 2.75) is 0 Å². The highest BCUT2D eigenvalue weighted by atomic mass is 35.7. The van der Waals surface area contributed by atoms with Crippen molar-refractivity contribution >= 4 is 38.8 Å². The van der Waals surface area contributed by atoms with E-state index in [1.165, 1.54) is 14.2 Å². The van der Waals surface area contributed by atoms with Crippen molar-refractivity contribution < 1.29 is 9.05 Å². The molecule has 0 atom stereocenters. The molecule has 6 heteroatoms. The monoisotopic (exact) mass is 192 g/mol. The van der Waals surface area contributed by atoms with Gasteiger partial charge >= 0.3 is 0 Å². The van der Waals surface area contributed by atoms with E-state index in [0.29, 0.717) is 0 Å². The molecule has 8 heavy (non-hydrogen) atoms. The van der Waals surface area contributed by atoms with Crippen molar-refractivity contribution in [3.63, 3.8) is 0 Å². The largest absolute Gasteiger partial charge is 0.324 e. The minimum atomic E-state index is -2.15. The fourth-order valence-electron chi connectivity index (χ4n) is 0.131. The SMILES string of the molecule is COP(=S)(OC)SCl. The van der Waals surface area contributed by atoms with Crippen LogP contribution in [0.2, 0.25) is 0 Å². The molecular formula is C2H6ClO2PS2. The van der Waals surface area contributed by atoms with E-state index in [1.54, 1.807) is 0 Å². The highest BCUT2D eigenvalue weighted by molar-refractivity contribution is 8.76. The Morgan fingerprint density at radius 3 is 1.88 bits per heavy atom. The molecule has 0 unspecified atom stereocenters. The van der Waals surface area contributed by atoms with E-state index in [0.717, 1.165) is 10.6 Å². The van der Waals surface area contributed by atoms with E-state index >= 15 is 0 Å². The van der Waals surface area contributed by atoms with Gasteiger partial charge in [0.25, 0.3) is 5.69 Å². The third-order valence-electron chi connectivity index (χ3n) is 0.532. The molecule has 0 aromatic heterocycles. The average molecular weight is 193 g/mol. The van der Waals surface area contributed by atoms with Crippen molar-refractivity contribution in [1.29, 1.82) is 0 Å². The molecule has 0 fully saturated rings. The second-order valence-corrected chi connectivity index (χ2v) is 7.88. The van der Waals surface area contributed by atoms with Crippen LogP contribution < -0.4 is 0 Å². The summed E-state index contributed by atoms with van der Waals surface area (Å²) in [5.41, 5.74) is -2.15. The average Bonchev–Trinajstić information content (AvgIpc) is 1.87. The number of halogens is 1. The fourth-order valence-corrected chi connectivity index (χ4v) is 1.74. The molecule has 0 saturated carbocycles. The first kappa shape index (κ1) is 9.21. The Balaban J connectivity index is 3.79. The van der Waals surface area contributed by atoms with Crippen molar-refractivity contribution in [3.05, 3.63) is 0 Å². The Morgan fingerprint density at radius 2 is 1.88 bits per heavy atom. The maximum Gasteiger partial charge on any atom is 0.262 e. The Kier molecular flexibility index (Phi) is 4.71. The summed E-state index contributed by atoms with van der Waals surface area (Å²) in [4.78, 5) is 0. The van der Waals surface area contributed by atoms with Crippen LogP contribution in [0, 0.1) is 0 Å². The standard InChI is InChI=1S/C2H6ClO2PS2/c1-4-6(7,5-2)8-3/h1-2H3. The summed E-state index contributed by atoms with van der Waals surface area (Å²) in [5, 5.41) is 0. The van der Waals surface area contributed by atoms with Gasteiger partial charge in [0.2, 0.25) is 0 Å². The molecule has 0 aromatic rings. The van der Waals surface area contributed by atoms with Gasteiger partial charge in [0.15, 0.2) is 0 Å². The van der Waals surface area contributed by atoms with Crippen LogP contribution in [0.5, 0.6) is 0 Å². The van der Waals surface area contributed by atoms with Gasteiger partial charge in [0.1, 0.15) is 0 Å². The van der Waals surface area contributed by atoms with Crippen molar-refractivity contribution in [2.24, 2.45) is 0 Å². The minimum Gasteiger partial charge on any atom is -0.324 e. The molecule has 0 rings (SSSR count). The molecule has 0 N–H and O–H groups in total. The molecular weight excluding hydrogens is 187 g/mol. The molecule has 0 aromatic carbocycles. The molecule has 0 aliphatic heterocycles. The van der Waals surface area contributed by atoms with E-state index in [4.69, 9.17) is 31.5 Å². The highest BCUT2D eigenvalue weighted by Crippen LogP contribution is 2.61. The van der Waals surface area contributed by atoms with Gasteiger partial charge in [-0.3, -0.25) is 0 Å². The second kappa shape index (κ2) is 4.09. The van der Waals surface area contributed by atoms with Gasteiger partial charge in [-0.1, -0.05) is 0 Å². The Bertz CT molecular complexity index is 89.2. The van der Waals surface area contributed by atoms with Gasteiger partial charge in [-0.15, -0.1) is 0 Å². The van der Waals surface area contributed by atoms with Gasteiger partial charge in [-0.25, -0.2) is 0 Å². The molecule has 0 spiro atoms. The first-order chi connectivity index (χ1) is 3.68. The Hall–Kier alpha value is 1.21. The van der Waals surface area contributed by atoms with Crippen LogP contribution in [0.15, 0.2) is 0 Å². The zero-order chi connectivity index (χ0) is 6.62. The third kappa shape index (κ3) is 2.67. The second-order valence-electron chi connectivity index (χ2n) is 0.881. The van der Waals surface area contributed by atoms with Gasteiger partial charge < -0.3 is 9.05 Å². The maximum atomic E-state index is 5.32. The molecule has 0 bridgehead atoms. The van der Waals surface area contributed by atoms with Gasteiger partial charge in [-0.05, 0) is 22.5 Å². The molecule has 50 valence electrons. The zero-order valence-corrected chi connectivity index (χ0v) is 7.74. The topological polar surface area (TPSA) is 18.5 Å². The van der Waals surface area contributed by atoms with Crippen LogP contribution >= 0.6 is 27.0 Å². The first-order valence-electron chi connectivity index (χ1n) is 1.70. The van der Waals surface area contributed by atoms with Crippen molar-refractivity contribution in [1.82, 2.24) is 0 Å². The lowest BCUT2D eigenvalue weighted by atomic mass is 11.8. The molecule has 0 aliphatic rings. The summed E-state index contributed by atoms with van der Waals surface area (Å²) < 4.78 is 9.54. The van der Waals surface area contributed by atoms with E-state index in [1.807, 2.05) is 0 Å². The smallest absolute Gasteiger partial charge is 0.262 e. The molecule has 0 heterocycles. The summed E-state index contributed by atoms with van der Waals surface area (Å²) in [5.74, 6) is 0. The van der Waals surface area contributed by atoms with Crippen LogP contribution in [-0.4, -0.2) is 14.2 Å². The first-order valence-corrected chi connectivity index (χ1v) is 6.59. The summed E-state index contributed by atoms with van der Waals surface area (Å²) in [6.45, 7) is 0. The van der Waals surface area contributed by atoms with Crippen LogP contribution in [0.1, 0.15) is 0 Å². The van der Waals surface area contributed by atoms with Gasteiger partial charge in [-0.2, -0.15) is 0 Å². The number of hydrogen-bond acceptors (Lipinski definition) is 4. The van der Waals surface area contributed by atoms with E-state index in [2.05, 4.69) is 0 Å². The molecule has 0 saturated heterocycles. The summed E-state index contributed by atoms with van der Waals surface area (Å²) in [6.07, 6.45) is 0. The van der Waals surface area contributed by atoms with E-state index in [9.17, 15) is 0 Å². The predicted molar refractivity (Wildman–Crippen MR) is 41.7 cm³/mol. The Morgan fingerprint density at radius 1 is 1.50 bits per heavy atom. The lowest BCUT2D eigenvalue weighted by Crippen LogP contribution is -1.78. The normalized spacial score (nSPS) is 11.9. The highest BCUT2D eigenvalue weighted by Gasteiger charge is 2.13. The quantitative estimate of drug-likeness (QED) is 0.639. The number of rotatable bonds is 3. The summed E-state index contributed by atoms with van der Waals surface area (Å²) in [7, 11) is 9.22.